The Kier molecular flexibility index (Phi) is 4.64. The molecule has 0 aliphatic carbocycles. The van der Waals surface area contributed by atoms with Crippen molar-refractivity contribution in [2.45, 2.75) is 19.5 Å². The van der Waals surface area contributed by atoms with Gasteiger partial charge in [-0.3, -0.25) is 9.35 Å². The summed E-state index contributed by atoms with van der Waals surface area (Å²) in [6, 6.07) is 0. The number of halogens is 1. The minimum absolute atomic E-state index is 0.135. The quantitative estimate of drug-likeness (QED) is 0.402. The van der Waals surface area contributed by atoms with Crippen molar-refractivity contribution >= 4 is 22.1 Å². The number of rotatable bonds is 4. The zero-order valence-corrected chi connectivity index (χ0v) is 8.08. The number of esters is 2. The molecule has 1 unspecified atom stereocenters. The Morgan fingerprint density at radius 3 is 2.36 bits per heavy atom. The van der Waals surface area contributed by atoms with Crippen molar-refractivity contribution < 1.29 is 31.7 Å². The Morgan fingerprint density at radius 2 is 2.00 bits per heavy atom. The molecule has 0 rings (SSSR count). The zero-order valence-electron chi connectivity index (χ0n) is 7.27. The molecule has 8 heteroatoms. The number of ether oxygens (including phenoxy) is 1. The maximum atomic E-state index is 12.6. The molecule has 0 spiro atoms. The van der Waals surface area contributed by atoms with Gasteiger partial charge >= 0.3 is 11.9 Å². The van der Waals surface area contributed by atoms with Crippen molar-refractivity contribution in [3.05, 3.63) is 0 Å². The Labute approximate surface area is 79.8 Å². The Hall–Kier alpha value is -1.02. The molecule has 0 aromatic rings. The molecule has 6 nitrogen and oxygen atoms in total. The average Bonchev–Trinajstić information content (AvgIpc) is 2.00. The van der Waals surface area contributed by atoms with Crippen LogP contribution in [0.4, 0.5) is 4.39 Å². The number of carbonyl (C=O) groups excluding carboxylic acids is 2. The maximum absolute atomic E-state index is 12.6. The first-order valence-electron chi connectivity index (χ1n) is 3.60. The van der Waals surface area contributed by atoms with Gasteiger partial charge in [0.05, 0.1) is 0 Å². The summed E-state index contributed by atoms with van der Waals surface area (Å²) in [6.07, 6.45) is -2.69. The van der Waals surface area contributed by atoms with Crippen LogP contribution in [0, 0.1) is 0 Å². The van der Waals surface area contributed by atoms with Crippen LogP contribution in [0.3, 0.4) is 0 Å². The van der Waals surface area contributed by atoms with Gasteiger partial charge in [-0.05, 0) is 0 Å². The minimum Gasteiger partial charge on any atom is -0.391 e. The summed E-state index contributed by atoms with van der Waals surface area (Å²) < 4.78 is 44.9. The van der Waals surface area contributed by atoms with E-state index in [0.29, 0.717) is 0 Å². The van der Waals surface area contributed by atoms with Gasteiger partial charge in [0.2, 0.25) is 6.17 Å². The van der Waals surface area contributed by atoms with Crippen LogP contribution < -0.4 is 0 Å². The third kappa shape index (κ3) is 5.60. The summed E-state index contributed by atoms with van der Waals surface area (Å²) in [4.78, 5) is 21.1. The molecular weight excluding hydrogens is 219 g/mol. The predicted octanol–water partition coefficient (Wildman–Crippen LogP) is -0.308. The SMILES string of the molecule is CCC(=O)OC(=O)C(F)CS(=O)(=O)O. The summed E-state index contributed by atoms with van der Waals surface area (Å²) in [5.74, 6) is -3.99. The molecule has 0 heterocycles. The summed E-state index contributed by atoms with van der Waals surface area (Å²) in [7, 11) is -4.60. The number of alkyl halides is 1. The molecule has 0 aliphatic rings. The monoisotopic (exact) mass is 228 g/mol. The standard InChI is InChI=1S/C6H9FO6S/c1-2-5(8)13-6(9)4(7)3-14(10,11)12/h4H,2-3H2,1H3,(H,10,11,12). The Morgan fingerprint density at radius 1 is 1.50 bits per heavy atom. The van der Waals surface area contributed by atoms with Crippen LogP contribution in [0.15, 0.2) is 0 Å². The van der Waals surface area contributed by atoms with E-state index in [1.165, 1.54) is 6.92 Å². The van der Waals surface area contributed by atoms with E-state index < -0.39 is 34.0 Å². The van der Waals surface area contributed by atoms with Crippen LogP contribution in [0.5, 0.6) is 0 Å². The highest BCUT2D eigenvalue weighted by atomic mass is 32.2. The van der Waals surface area contributed by atoms with Crippen molar-refractivity contribution in [1.82, 2.24) is 0 Å². The van der Waals surface area contributed by atoms with Gasteiger partial charge in [0, 0.05) is 6.42 Å². The van der Waals surface area contributed by atoms with Crippen LogP contribution in [-0.2, 0) is 24.4 Å². The van der Waals surface area contributed by atoms with E-state index in [4.69, 9.17) is 4.55 Å². The Balaban J connectivity index is 4.21. The lowest BCUT2D eigenvalue weighted by Crippen LogP contribution is -2.28. The Bertz CT molecular complexity index is 321. The smallest absolute Gasteiger partial charge is 0.349 e. The molecular formula is C6H9FO6S. The number of hydrogen-bond acceptors (Lipinski definition) is 5. The van der Waals surface area contributed by atoms with Gasteiger partial charge in [0.15, 0.2) is 0 Å². The first-order chi connectivity index (χ1) is 6.26. The third-order valence-electron chi connectivity index (χ3n) is 1.12. The summed E-state index contributed by atoms with van der Waals surface area (Å²) in [6.45, 7) is 1.38. The van der Waals surface area contributed by atoms with E-state index in [9.17, 15) is 22.4 Å². The second kappa shape index (κ2) is 5.01. The molecule has 0 saturated heterocycles. The largest absolute Gasteiger partial charge is 0.391 e. The molecule has 0 bridgehead atoms. The van der Waals surface area contributed by atoms with Gasteiger partial charge in [-0.1, -0.05) is 6.92 Å². The number of carbonyl (C=O) groups is 2. The van der Waals surface area contributed by atoms with E-state index in [0.717, 1.165) is 0 Å². The van der Waals surface area contributed by atoms with Crippen LogP contribution in [0.1, 0.15) is 13.3 Å². The van der Waals surface area contributed by atoms with E-state index in [2.05, 4.69) is 4.74 Å². The van der Waals surface area contributed by atoms with Crippen LogP contribution in [0.2, 0.25) is 0 Å². The van der Waals surface area contributed by atoms with Crippen molar-refractivity contribution in [3.63, 3.8) is 0 Å². The average molecular weight is 228 g/mol. The van der Waals surface area contributed by atoms with E-state index in [1.54, 1.807) is 0 Å². The van der Waals surface area contributed by atoms with Crippen LogP contribution in [0.25, 0.3) is 0 Å². The van der Waals surface area contributed by atoms with Gasteiger partial charge in [-0.15, -0.1) is 0 Å². The molecule has 0 amide bonds. The third-order valence-corrected chi connectivity index (χ3v) is 1.83. The zero-order chi connectivity index (χ0) is 11.4. The van der Waals surface area contributed by atoms with Crippen molar-refractivity contribution in [2.75, 3.05) is 5.75 Å². The molecule has 1 N–H and O–H groups in total. The van der Waals surface area contributed by atoms with Gasteiger partial charge < -0.3 is 4.74 Å². The fraction of sp³-hybridized carbons (Fsp3) is 0.667. The highest BCUT2D eigenvalue weighted by molar-refractivity contribution is 7.85. The van der Waals surface area contributed by atoms with Crippen LogP contribution >= 0.6 is 0 Å². The molecule has 0 fully saturated rings. The van der Waals surface area contributed by atoms with Crippen molar-refractivity contribution in [2.24, 2.45) is 0 Å². The molecule has 82 valence electrons. The van der Waals surface area contributed by atoms with Crippen LogP contribution in [-0.4, -0.2) is 36.8 Å². The first kappa shape index (κ1) is 13.0. The molecule has 0 saturated carbocycles. The maximum Gasteiger partial charge on any atom is 0.349 e. The van der Waals surface area contributed by atoms with Crippen molar-refractivity contribution in [3.8, 4) is 0 Å². The lowest BCUT2D eigenvalue weighted by atomic mass is 10.4. The van der Waals surface area contributed by atoms with E-state index in [-0.39, 0.29) is 6.42 Å². The summed E-state index contributed by atoms with van der Waals surface area (Å²) in [5.41, 5.74) is 0. The second-order valence-electron chi connectivity index (χ2n) is 2.36. The van der Waals surface area contributed by atoms with Gasteiger partial charge in [0.25, 0.3) is 10.1 Å². The molecule has 14 heavy (non-hydrogen) atoms. The highest BCUT2D eigenvalue weighted by Gasteiger charge is 2.26. The first-order valence-corrected chi connectivity index (χ1v) is 5.21. The van der Waals surface area contributed by atoms with Gasteiger partial charge in [-0.2, -0.15) is 8.42 Å². The fourth-order valence-corrected chi connectivity index (χ4v) is 1.01. The lowest BCUT2D eigenvalue weighted by Gasteiger charge is -2.04. The topological polar surface area (TPSA) is 97.7 Å². The lowest BCUT2D eigenvalue weighted by molar-refractivity contribution is -0.162. The number of hydrogen-bond donors (Lipinski definition) is 1. The van der Waals surface area contributed by atoms with E-state index in [1.807, 2.05) is 0 Å². The summed E-state index contributed by atoms with van der Waals surface area (Å²) in [5, 5.41) is 0. The molecule has 0 radical (unpaired) electrons. The van der Waals surface area contributed by atoms with Crippen molar-refractivity contribution in [1.29, 1.82) is 0 Å². The van der Waals surface area contributed by atoms with Gasteiger partial charge in [-0.25, -0.2) is 9.18 Å². The second-order valence-corrected chi connectivity index (χ2v) is 3.86. The summed E-state index contributed by atoms with van der Waals surface area (Å²) >= 11 is 0. The molecule has 0 aliphatic heterocycles. The normalized spacial score (nSPS) is 13.4. The molecule has 0 aromatic carbocycles. The predicted molar refractivity (Wildman–Crippen MR) is 42.7 cm³/mol. The highest BCUT2D eigenvalue weighted by Crippen LogP contribution is 2.00. The molecule has 0 aromatic heterocycles. The van der Waals surface area contributed by atoms with E-state index >= 15 is 0 Å². The minimum atomic E-state index is -4.60. The fourth-order valence-electron chi connectivity index (χ4n) is 0.501. The molecule has 1 atom stereocenters. The van der Waals surface area contributed by atoms with Gasteiger partial charge in [0.1, 0.15) is 5.75 Å².